The third-order valence-corrected chi connectivity index (χ3v) is 5.19. The second-order valence-electron chi connectivity index (χ2n) is 7.54. The second-order valence-corrected chi connectivity index (χ2v) is 7.54. The van der Waals surface area contributed by atoms with Crippen LogP contribution in [-0.2, 0) is 6.42 Å². The average Bonchev–Trinajstić information content (AvgIpc) is 3.50. The number of hydrogen-bond acceptors (Lipinski definition) is 2. The van der Waals surface area contributed by atoms with Crippen molar-refractivity contribution in [1.29, 1.82) is 0 Å². The minimum atomic E-state index is 0. The van der Waals surface area contributed by atoms with E-state index in [-0.39, 0.29) is 29.9 Å². The van der Waals surface area contributed by atoms with E-state index in [1.165, 1.54) is 12.0 Å². The number of hydrogen-bond donors (Lipinski definition) is 2. The van der Waals surface area contributed by atoms with E-state index in [0.717, 1.165) is 36.6 Å². The minimum Gasteiger partial charge on any atom is -0.356 e. The van der Waals surface area contributed by atoms with Crippen LogP contribution < -0.4 is 10.6 Å². The van der Waals surface area contributed by atoms with Gasteiger partial charge in [0, 0.05) is 39.8 Å². The van der Waals surface area contributed by atoms with Gasteiger partial charge < -0.3 is 15.5 Å². The molecule has 29 heavy (non-hydrogen) atoms. The zero-order chi connectivity index (χ0) is 19.9. The highest BCUT2D eigenvalue weighted by molar-refractivity contribution is 14.0. The Hall–Kier alpha value is -2.09. The molecule has 0 aromatic heterocycles. The Morgan fingerprint density at radius 3 is 2.55 bits per heavy atom. The maximum absolute atomic E-state index is 12.1. The summed E-state index contributed by atoms with van der Waals surface area (Å²) in [5.41, 5.74) is 3.30. The lowest BCUT2D eigenvalue weighted by atomic mass is 10.1. The first-order valence-electron chi connectivity index (χ1n) is 9.88. The van der Waals surface area contributed by atoms with Gasteiger partial charge in [-0.25, -0.2) is 0 Å². The van der Waals surface area contributed by atoms with Crippen LogP contribution in [-0.4, -0.2) is 51.0 Å². The van der Waals surface area contributed by atoms with E-state index < -0.39 is 0 Å². The van der Waals surface area contributed by atoms with Gasteiger partial charge >= 0.3 is 0 Å². The Balaban J connectivity index is 0.00000300. The summed E-state index contributed by atoms with van der Waals surface area (Å²) >= 11 is 0. The summed E-state index contributed by atoms with van der Waals surface area (Å²) in [4.78, 5) is 18.0. The van der Waals surface area contributed by atoms with Gasteiger partial charge in [0.1, 0.15) is 0 Å². The molecular weight excluding hydrogens is 475 g/mol. The Morgan fingerprint density at radius 2 is 1.86 bits per heavy atom. The highest BCUT2D eigenvalue weighted by atomic mass is 127. The highest BCUT2D eigenvalue weighted by Gasteiger charge is 2.37. The third kappa shape index (κ3) is 6.73. The van der Waals surface area contributed by atoms with Crippen LogP contribution in [0.5, 0.6) is 0 Å². The van der Waals surface area contributed by atoms with Crippen LogP contribution in [0.4, 0.5) is 0 Å². The molecule has 156 valence electrons. The fraction of sp³-hybridized carbons (Fsp3) is 0.391. The van der Waals surface area contributed by atoms with Gasteiger partial charge in [0.05, 0.1) is 0 Å². The number of rotatable bonds is 7. The summed E-state index contributed by atoms with van der Waals surface area (Å²) < 4.78 is 0. The summed E-state index contributed by atoms with van der Waals surface area (Å²) in [5, 5.41) is 6.81. The third-order valence-electron chi connectivity index (χ3n) is 5.19. The smallest absolute Gasteiger partial charge is 0.253 e. The number of nitrogens with zero attached hydrogens (tertiary/aromatic N) is 2. The molecule has 2 unspecified atom stereocenters. The molecule has 0 heterocycles. The molecule has 0 bridgehead atoms. The summed E-state index contributed by atoms with van der Waals surface area (Å²) in [6.07, 6.45) is 2.08. The van der Waals surface area contributed by atoms with Gasteiger partial charge in [0.15, 0.2) is 5.96 Å². The molecule has 1 saturated carbocycles. The summed E-state index contributed by atoms with van der Waals surface area (Å²) in [6, 6.07) is 18.5. The first-order valence-corrected chi connectivity index (χ1v) is 9.88. The molecule has 1 fully saturated rings. The van der Waals surface area contributed by atoms with Crippen molar-refractivity contribution >= 4 is 35.8 Å². The second kappa shape index (κ2) is 11.2. The van der Waals surface area contributed by atoms with Crippen LogP contribution in [0.3, 0.4) is 0 Å². The van der Waals surface area contributed by atoms with E-state index in [0.29, 0.717) is 11.8 Å². The molecule has 3 rings (SSSR count). The number of carbonyl (C=O) groups is 1. The molecule has 0 radical (unpaired) electrons. The number of guanidine groups is 1. The lowest BCUT2D eigenvalue weighted by Crippen LogP contribution is -2.39. The van der Waals surface area contributed by atoms with Crippen molar-refractivity contribution in [1.82, 2.24) is 15.5 Å². The van der Waals surface area contributed by atoms with Crippen LogP contribution in [0.2, 0.25) is 0 Å². The van der Waals surface area contributed by atoms with Crippen LogP contribution >= 0.6 is 24.0 Å². The summed E-state index contributed by atoms with van der Waals surface area (Å²) in [7, 11) is 5.34. The van der Waals surface area contributed by atoms with E-state index in [1.54, 1.807) is 26.0 Å². The summed E-state index contributed by atoms with van der Waals surface area (Å²) in [6.45, 7) is 1.71. The van der Waals surface area contributed by atoms with Crippen molar-refractivity contribution in [2.75, 3.05) is 34.2 Å². The monoisotopic (exact) mass is 506 g/mol. The van der Waals surface area contributed by atoms with Crippen molar-refractivity contribution in [2.24, 2.45) is 10.9 Å². The largest absolute Gasteiger partial charge is 0.356 e. The Labute approximate surface area is 191 Å². The van der Waals surface area contributed by atoms with Gasteiger partial charge in [-0.1, -0.05) is 42.5 Å². The van der Waals surface area contributed by atoms with Crippen molar-refractivity contribution in [3.05, 3.63) is 71.3 Å². The maximum Gasteiger partial charge on any atom is 0.253 e. The van der Waals surface area contributed by atoms with E-state index in [4.69, 9.17) is 0 Å². The van der Waals surface area contributed by atoms with Crippen molar-refractivity contribution < 1.29 is 4.79 Å². The zero-order valence-electron chi connectivity index (χ0n) is 17.4. The minimum absolute atomic E-state index is 0. The Kier molecular flexibility index (Phi) is 8.95. The van der Waals surface area contributed by atoms with Gasteiger partial charge in [-0.15, -0.1) is 24.0 Å². The molecule has 1 aliphatic rings. The molecule has 0 aliphatic heterocycles. The molecule has 2 aromatic carbocycles. The molecule has 1 amide bonds. The molecular formula is C23H31IN4O. The Bertz CT molecular complexity index is 823. The van der Waals surface area contributed by atoms with Crippen LogP contribution in [0, 0.1) is 5.92 Å². The van der Waals surface area contributed by atoms with Crippen LogP contribution in [0.15, 0.2) is 59.6 Å². The maximum atomic E-state index is 12.1. The number of benzene rings is 2. The van der Waals surface area contributed by atoms with Gasteiger partial charge in [0.25, 0.3) is 5.91 Å². The fourth-order valence-corrected chi connectivity index (χ4v) is 3.47. The summed E-state index contributed by atoms with van der Waals surface area (Å²) in [5.74, 6) is 2.21. The van der Waals surface area contributed by atoms with Crippen LogP contribution in [0.25, 0.3) is 0 Å². The molecule has 6 heteroatoms. The molecule has 0 spiro atoms. The van der Waals surface area contributed by atoms with Gasteiger partial charge in [0.2, 0.25) is 0 Å². The van der Waals surface area contributed by atoms with Crippen molar-refractivity contribution in [3.63, 3.8) is 0 Å². The first-order chi connectivity index (χ1) is 13.6. The molecule has 0 saturated heterocycles. The van der Waals surface area contributed by atoms with E-state index in [2.05, 4.69) is 52.0 Å². The Morgan fingerprint density at radius 1 is 1.10 bits per heavy atom. The van der Waals surface area contributed by atoms with Crippen molar-refractivity contribution in [2.45, 2.75) is 18.8 Å². The predicted octanol–water partition coefficient (Wildman–Crippen LogP) is 3.52. The quantitative estimate of drug-likeness (QED) is 0.344. The number of amides is 1. The van der Waals surface area contributed by atoms with E-state index >= 15 is 0 Å². The molecule has 2 aromatic rings. The zero-order valence-corrected chi connectivity index (χ0v) is 19.7. The highest BCUT2D eigenvalue weighted by Crippen LogP contribution is 2.46. The van der Waals surface area contributed by atoms with Gasteiger partial charge in [-0.2, -0.15) is 0 Å². The molecule has 2 N–H and O–H groups in total. The first kappa shape index (κ1) is 23.2. The SMILES string of the molecule is CN=C(NCCc1cccc(C(=O)N(C)C)c1)NCC1CC1c1ccccc1.I. The molecule has 1 aliphatic carbocycles. The van der Waals surface area contributed by atoms with Gasteiger partial charge in [-0.3, -0.25) is 9.79 Å². The normalized spacial score (nSPS) is 17.8. The fourth-order valence-electron chi connectivity index (χ4n) is 3.47. The van der Waals surface area contributed by atoms with E-state index in [1.807, 2.05) is 18.2 Å². The number of aliphatic imine (C=N–C) groups is 1. The van der Waals surface area contributed by atoms with Crippen LogP contribution in [0.1, 0.15) is 33.8 Å². The topological polar surface area (TPSA) is 56.7 Å². The lowest BCUT2D eigenvalue weighted by molar-refractivity contribution is 0.0827. The number of carbonyl (C=O) groups excluding carboxylic acids is 1. The standard InChI is InChI=1S/C23H30N4O.HI/c1-24-23(26-16-20-15-21(20)18-9-5-4-6-10-18)25-13-12-17-8-7-11-19(14-17)22(28)27(2)3;/h4-11,14,20-21H,12-13,15-16H2,1-3H3,(H2,24,25,26);1H. The van der Waals surface area contributed by atoms with Gasteiger partial charge in [-0.05, 0) is 47.9 Å². The number of nitrogens with one attached hydrogen (secondary N) is 2. The molecule has 2 atom stereocenters. The lowest BCUT2D eigenvalue weighted by Gasteiger charge is -2.13. The average molecular weight is 506 g/mol. The number of halogens is 1. The van der Waals surface area contributed by atoms with Crippen molar-refractivity contribution in [3.8, 4) is 0 Å². The molecule has 5 nitrogen and oxygen atoms in total. The predicted molar refractivity (Wildman–Crippen MR) is 130 cm³/mol. The van der Waals surface area contributed by atoms with E-state index in [9.17, 15) is 4.79 Å².